The summed E-state index contributed by atoms with van der Waals surface area (Å²) in [5.74, 6) is -0.263. The second kappa shape index (κ2) is 7.45. The van der Waals surface area contributed by atoms with Crippen molar-refractivity contribution in [1.29, 1.82) is 0 Å². The lowest BCUT2D eigenvalue weighted by molar-refractivity contribution is -0.134. The maximum atomic E-state index is 13.7. The highest BCUT2D eigenvalue weighted by Crippen LogP contribution is 2.34. The van der Waals surface area contributed by atoms with Crippen LogP contribution in [0.2, 0.25) is 0 Å². The Morgan fingerprint density at radius 3 is 2.53 bits per heavy atom. The first-order valence-electron chi connectivity index (χ1n) is 10.6. The van der Waals surface area contributed by atoms with Gasteiger partial charge in [0.05, 0.1) is 18.3 Å². The summed E-state index contributed by atoms with van der Waals surface area (Å²) in [6, 6.07) is 3.63. The zero-order valence-electron chi connectivity index (χ0n) is 19.6. The molecule has 0 aliphatic carbocycles. The molecule has 1 N–H and O–H groups in total. The molecule has 0 saturated carbocycles. The molecule has 7 nitrogen and oxygen atoms in total. The van der Waals surface area contributed by atoms with Crippen LogP contribution in [0.1, 0.15) is 58.5 Å². The summed E-state index contributed by atoms with van der Waals surface area (Å²) < 4.78 is 7.44. The maximum Gasteiger partial charge on any atom is 0.271 e. The molecule has 2 aromatic rings. The van der Waals surface area contributed by atoms with Gasteiger partial charge in [-0.25, -0.2) is 0 Å². The Kier molecular flexibility index (Phi) is 5.56. The molecule has 0 aromatic carbocycles. The van der Waals surface area contributed by atoms with Crippen molar-refractivity contribution in [2.24, 2.45) is 5.41 Å². The van der Waals surface area contributed by atoms with Crippen LogP contribution in [0.15, 0.2) is 22.8 Å². The fourth-order valence-corrected chi connectivity index (χ4v) is 4.73. The first kappa shape index (κ1) is 22.4. The number of aromatic nitrogens is 1. The van der Waals surface area contributed by atoms with Crippen molar-refractivity contribution in [2.75, 3.05) is 27.2 Å². The van der Waals surface area contributed by atoms with E-state index in [2.05, 4.69) is 26.1 Å². The van der Waals surface area contributed by atoms with Crippen molar-refractivity contribution >= 4 is 22.9 Å². The van der Waals surface area contributed by atoms with Gasteiger partial charge in [0.1, 0.15) is 11.2 Å². The van der Waals surface area contributed by atoms with Crippen molar-refractivity contribution in [3.63, 3.8) is 0 Å². The minimum absolute atomic E-state index is 0.0707. The van der Waals surface area contributed by atoms with Gasteiger partial charge < -0.3 is 24.1 Å². The molecule has 1 aliphatic heterocycles. The van der Waals surface area contributed by atoms with Gasteiger partial charge in [-0.3, -0.25) is 9.59 Å². The number of fused-ring (bicyclic) bond motifs is 3. The molecule has 3 rings (SSSR count). The first-order valence-corrected chi connectivity index (χ1v) is 10.6. The van der Waals surface area contributed by atoms with E-state index in [0.29, 0.717) is 30.9 Å². The Morgan fingerprint density at radius 1 is 1.27 bits per heavy atom. The van der Waals surface area contributed by atoms with E-state index in [4.69, 9.17) is 4.42 Å². The summed E-state index contributed by atoms with van der Waals surface area (Å²) in [4.78, 5) is 30.9. The molecule has 1 aliphatic rings. The fourth-order valence-electron chi connectivity index (χ4n) is 4.73. The Balaban J connectivity index is 1.98. The van der Waals surface area contributed by atoms with E-state index >= 15 is 0 Å². The third-order valence-electron chi connectivity index (χ3n) is 5.73. The van der Waals surface area contributed by atoms with Crippen LogP contribution in [0.25, 0.3) is 11.1 Å². The molecule has 30 heavy (non-hydrogen) atoms. The Labute approximate surface area is 179 Å². The minimum atomic E-state index is -1.00. The highest BCUT2D eigenvalue weighted by Gasteiger charge is 2.49. The predicted molar refractivity (Wildman–Crippen MR) is 118 cm³/mol. The van der Waals surface area contributed by atoms with E-state index in [-0.39, 0.29) is 17.2 Å². The van der Waals surface area contributed by atoms with Crippen LogP contribution in [0, 0.1) is 5.41 Å². The van der Waals surface area contributed by atoms with Gasteiger partial charge in [0.2, 0.25) is 5.91 Å². The van der Waals surface area contributed by atoms with E-state index in [9.17, 15) is 9.59 Å². The molecule has 2 aromatic heterocycles. The smallest absolute Gasteiger partial charge is 0.271 e. The summed E-state index contributed by atoms with van der Waals surface area (Å²) in [6.45, 7) is 14.0. The average molecular weight is 417 g/mol. The number of carbonyl (C=O) groups excluding carboxylic acids is 2. The molecule has 166 valence electrons. The number of amides is 2. The Morgan fingerprint density at radius 2 is 1.93 bits per heavy atom. The zero-order valence-corrected chi connectivity index (χ0v) is 19.6. The highest BCUT2D eigenvalue weighted by atomic mass is 16.3. The van der Waals surface area contributed by atoms with E-state index in [1.165, 1.54) is 0 Å². The number of likely N-dealkylation sites (N-methyl/N-ethyl adjacent to an activating group) is 1. The second-order valence-corrected chi connectivity index (χ2v) is 10.9. The molecule has 0 bridgehead atoms. The number of hydrogen-bond donors (Lipinski definition) is 1. The first-order chi connectivity index (χ1) is 13.7. The van der Waals surface area contributed by atoms with Crippen molar-refractivity contribution in [3.05, 3.63) is 24.1 Å². The summed E-state index contributed by atoms with van der Waals surface area (Å²) in [5.41, 5.74) is 0.764. The van der Waals surface area contributed by atoms with Gasteiger partial charge in [0, 0.05) is 30.8 Å². The number of furan rings is 1. The van der Waals surface area contributed by atoms with Crippen LogP contribution in [-0.2, 0) is 11.3 Å². The van der Waals surface area contributed by atoms with E-state index in [1.54, 1.807) is 17.2 Å². The van der Waals surface area contributed by atoms with Gasteiger partial charge in [-0.05, 0) is 46.7 Å². The van der Waals surface area contributed by atoms with Gasteiger partial charge in [0.15, 0.2) is 5.58 Å². The third kappa shape index (κ3) is 4.26. The summed E-state index contributed by atoms with van der Waals surface area (Å²) in [7, 11) is 3.93. The molecular formula is C23H36N4O3. The average Bonchev–Trinajstić information content (AvgIpc) is 3.13. The van der Waals surface area contributed by atoms with Gasteiger partial charge in [-0.2, -0.15) is 0 Å². The predicted octanol–water partition coefficient (Wildman–Crippen LogP) is 3.34. The van der Waals surface area contributed by atoms with E-state index < -0.39 is 11.1 Å². The lowest BCUT2D eigenvalue weighted by atomic mass is 9.81. The molecule has 1 unspecified atom stereocenters. The number of rotatable bonds is 6. The minimum Gasteiger partial charge on any atom is -0.463 e. The molecule has 7 heteroatoms. The Hall–Kier alpha value is -2.28. The number of nitrogens with zero attached hydrogens (tertiary/aromatic N) is 3. The van der Waals surface area contributed by atoms with Crippen LogP contribution in [0.5, 0.6) is 0 Å². The van der Waals surface area contributed by atoms with Crippen LogP contribution in [-0.4, -0.2) is 64.4 Å². The van der Waals surface area contributed by atoms with Crippen LogP contribution < -0.4 is 5.32 Å². The van der Waals surface area contributed by atoms with Crippen molar-refractivity contribution in [2.45, 2.75) is 65.6 Å². The molecule has 0 radical (unpaired) electrons. The molecule has 3 heterocycles. The zero-order chi connectivity index (χ0) is 22.5. The molecule has 0 fully saturated rings. The SMILES string of the molecule is CN(C)CCN1C(=O)c2cc3occc3n2CC1(C)C(=O)NC(C)(C)CC(C)(C)C. The number of hydrogen-bond acceptors (Lipinski definition) is 4. The highest BCUT2D eigenvalue weighted by molar-refractivity contribution is 6.03. The largest absolute Gasteiger partial charge is 0.463 e. The lowest BCUT2D eigenvalue weighted by Crippen LogP contribution is -2.67. The van der Waals surface area contributed by atoms with Gasteiger partial charge in [0.25, 0.3) is 5.91 Å². The third-order valence-corrected chi connectivity index (χ3v) is 5.73. The molecular weight excluding hydrogens is 380 g/mol. The van der Waals surface area contributed by atoms with Crippen LogP contribution in [0.3, 0.4) is 0 Å². The van der Waals surface area contributed by atoms with E-state index in [0.717, 1.165) is 11.9 Å². The molecule has 2 amide bonds. The quantitative estimate of drug-likeness (QED) is 0.784. The topological polar surface area (TPSA) is 70.7 Å². The lowest BCUT2D eigenvalue weighted by Gasteiger charge is -2.46. The fraction of sp³-hybridized carbons (Fsp3) is 0.652. The second-order valence-electron chi connectivity index (χ2n) is 10.9. The van der Waals surface area contributed by atoms with Gasteiger partial charge >= 0.3 is 0 Å². The molecule has 0 spiro atoms. The summed E-state index contributed by atoms with van der Waals surface area (Å²) in [6.07, 6.45) is 2.44. The summed E-state index contributed by atoms with van der Waals surface area (Å²) in [5, 5.41) is 3.24. The van der Waals surface area contributed by atoms with Crippen LogP contribution in [0.4, 0.5) is 0 Å². The monoisotopic (exact) mass is 416 g/mol. The Bertz CT molecular complexity index is 947. The van der Waals surface area contributed by atoms with Crippen molar-refractivity contribution in [3.8, 4) is 0 Å². The van der Waals surface area contributed by atoms with E-state index in [1.807, 2.05) is 50.4 Å². The molecule has 0 saturated heterocycles. The number of nitrogens with one attached hydrogen (secondary N) is 1. The van der Waals surface area contributed by atoms with Gasteiger partial charge in [-0.1, -0.05) is 20.8 Å². The summed E-state index contributed by atoms with van der Waals surface area (Å²) >= 11 is 0. The van der Waals surface area contributed by atoms with Gasteiger partial charge in [-0.15, -0.1) is 0 Å². The number of carbonyl (C=O) groups is 2. The normalized spacial score (nSPS) is 20.2. The van der Waals surface area contributed by atoms with Crippen molar-refractivity contribution in [1.82, 2.24) is 19.7 Å². The van der Waals surface area contributed by atoms with Crippen molar-refractivity contribution < 1.29 is 14.0 Å². The molecule has 1 atom stereocenters. The van der Waals surface area contributed by atoms with Crippen LogP contribution >= 0.6 is 0 Å². The standard InChI is InChI=1S/C23H36N4O3/c1-21(2,3)14-22(4,5)24-20(29)23(6)15-26-16-9-12-30-18(16)13-17(26)19(28)27(23)11-10-25(7)8/h9,12-13H,10-11,14-15H2,1-8H3,(H,24,29). The maximum absolute atomic E-state index is 13.7.